The number of rotatable bonds is 1. The van der Waals surface area contributed by atoms with Gasteiger partial charge in [0.2, 0.25) is 0 Å². The maximum Gasteiger partial charge on any atom is 0.573 e. The molecule has 0 fully saturated rings. The van der Waals surface area contributed by atoms with E-state index >= 15 is 0 Å². The molecule has 74 valence electrons. The van der Waals surface area contributed by atoms with Gasteiger partial charge in [0.1, 0.15) is 6.07 Å². The number of ether oxygens (including phenoxy) is 1. The standard InChI is InChI=1S/C7H4F3N3O/c8-7(9,10)14-5-3-13-2-4(1-11)6(5)12/h2-3H,(H2,12,13). The first kappa shape index (κ1) is 10.1. The van der Waals surface area contributed by atoms with Gasteiger partial charge in [0, 0.05) is 6.20 Å². The summed E-state index contributed by atoms with van der Waals surface area (Å²) >= 11 is 0. The van der Waals surface area contributed by atoms with Crippen LogP contribution in [0.2, 0.25) is 0 Å². The van der Waals surface area contributed by atoms with Gasteiger partial charge in [-0.2, -0.15) is 5.26 Å². The molecule has 0 saturated heterocycles. The first-order valence-electron chi connectivity index (χ1n) is 3.33. The molecule has 0 bridgehead atoms. The van der Waals surface area contributed by atoms with E-state index < -0.39 is 12.1 Å². The van der Waals surface area contributed by atoms with E-state index in [0.717, 1.165) is 12.4 Å². The smallest absolute Gasteiger partial charge is 0.402 e. The summed E-state index contributed by atoms with van der Waals surface area (Å²) in [4.78, 5) is 3.37. The van der Waals surface area contributed by atoms with Gasteiger partial charge in [-0.1, -0.05) is 0 Å². The molecule has 1 heterocycles. The number of aromatic nitrogens is 1. The van der Waals surface area contributed by atoms with Crippen molar-refractivity contribution < 1.29 is 17.9 Å². The Morgan fingerprint density at radius 1 is 1.43 bits per heavy atom. The maximum absolute atomic E-state index is 11.8. The molecule has 0 aliphatic rings. The van der Waals surface area contributed by atoms with Gasteiger partial charge in [-0.25, -0.2) is 0 Å². The van der Waals surface area contributed by atoms with Gasteiger partial charge in [-0.15, -0.1) is 13.2 Å². The summed E-state index contributed by atoms with van der Waals surface area (Å²) in [6.07, 6.45) is -2.99. The van der Waals surface area contributed by atoms with Crippen molar-refractivity contribution in [3.63, 3.8) is 0 Å². The molecule has 0 unspecified atom stereocenters. The van der Waals surface area contributed by atoms with Gasteiger partial charge in [0.05, 0.1) is 17.4 Å². The Morgan fingerprint density at radius 3 is 2.57 bits per heavy atom. The maximum atomic E-state index is 11.8. The predicted molar refractivity (Wildman–Crippen MR) is 40.0 cm³/mol. The quantitative estimate of drug-likeness (QED) is 0.749. The van der Waals surface area contributed by atoms with E-state index in [2.05, 4.69) is 9.72 Å². The van der Waals surface area contributed by atoms with Crippen molar-refractivity contribution in [3.05, 3.63) is 18.0 Å². The van der Waals surface area contributed by atoms with Gasteiger partial charge in [0.25, 0.3) is 0 Å². The number of hydrogen-bond donors (Lipinski definition) is 1. The summed E-state index contributed by atoms with van der Waals surface area (Å²) in [5, 5.41) is 8.43. The lowest BCUT2D eigenvalue weighted by Crippen LogP contribution is -2.18. The molecule has 1 aromatic heterocycles. The molecule has 0 spiro atoms. The summed E-state index contributed by atoms with van der Waals surface area (Å²) < 4.78 is 38.8. The third-order valence-corrected chi connectivity index (χ3v) is 1.30. The molecule has 0 amide bonds. The second kappa shape index (κ2) is 3.41. The van der Waals surface area contributed by atoms with E-state index in [9.17, 15) is 13.2 Å². The van der Waals surface area contributed by atoms with E-state index in [1.165, 1.54) is 0 Å². The molecule has 4 nitrogen and oxygen atoms in total. The fraction of sp³-hybridized carbons (Fsp3) is 0.143. The summed E-state index contributed by atoms with van der Waals surface area (Å²) in [5.74, 6) is -0.670. The average molecular weight is 203 g/mol. The van der Waals surface area contributed by atoms with Gasteiger partial charge in [0.15, 0.2) is 5.75 Å². The molecular formula is C7H4F3N3O. The highest BCUT2D eigenvalue weighted by atomic mass is 19.4. The van der Waals surface area contributed by atoms with Crippen molar-refractivity contribution in [1.82, 2.24) is 4.98 Å². The zero-order valence-electron chi connectivity index (χ0n) is 6.67. The van der Waals surface area contributed by atoms with E-state index in [1.54, 1.807) is 6.07 Å². The number of hydrogen-bond acceptors (Lipinski definition) is 4. The highest BCUT2D eigenvalue weighted by Crippen LogP contribution is 2.28. The number of pyridine rings is 1. The fourth-order valence-corrected chi connectivity index (χ4v) is 0.746. The molecule has 0 aliphatic heterocycles. The number of nitrogen functional groups attached to an aromatic ring is 1. The van der Waals surface area contributed by atoms with Gasteiger partial charge in [-0.3, -0.25) is 4.98 Å². The molecule has 0 radical (unpaired) electrons. The highest BCUT2D eigenvalue weighted by Gasteiger charge is 2.32. The topological polar surface area (TPSA) is 71.9 Å². The second-order valence-electron chi connectivity index (χ2n) is 2.26. The van der Waals surface area contributed by atoms with Crippen LogP contribution < -0.4 is 10.5 Å². The Kier molecular flexibility index (Phi) is 2.47. The number of alkyl halides is 3. The van der Waals surface area contributed by atoms with E-state index in [-0.39, 0.29) is 11.3 Å². The molecule has 7 heteroatoms. The Morgan fingerprint density at radius 2 is 2.07 bits per heavy atom. The lowest BCUT2D eigenvalue weighted by molar-refractivity contribution is -0.274. The molecule has 1 aromatic rings. The van der Waals surface area contributed by atoms with Crippen LogP contribution in [0.3, 0.4) is 0 Å². The lowest BCUT2D eigenvalue weighted by Gasteiger charge is -2.10. The number of anilines is 1. The van der Waals surface area contributed by atoms with Crippen molar-refractivity contribution >= 4 is 5.69 Å². The largest absolute Gasteiger partial charge is 0.573 e. The normalized spacial score (nSPS) is 10.7. The van der Waals surface area contributed by atoms with Crippen LogP contribution in [0.15, 0.2) is 12.4 Å². The van der Waals surface area contributed by atoms with Crippen LogP contribution in [0, 0.1) is 11.3 Å². The Balaban J connectivity index is 3.06. The molecule has 0 saturated carbocycles. The minimum atomic E-state index is -4.84. The molecule has 1 rings (SSSR count). The minimum Gasteiger partial charge on any atom is -0.402 e. The monoisotopic (exact) mass is 203 g/mol. The molecule has 0 atom stereocenters. The molecule has 2 N–H and O–H groups in total. The van der Waals surface area contributed by atoms with Crippen LogP contribution in [0.4, 0.5) is 18.9 Å². The fourth-order valence-electron chi connectivity index (χ4n) is 0.746. The van der Waals surface area contributed by atoms with Crippen LogP contribution in [0.5, 0.6) is 5.75 Å². The SMILES string of the molecule is N#Cc1cncc(OC(F)(F)F)c1N. The number of nitrogens with two attached hydrogens (primary N) is 1. The van der Waals surface area contributed by atoms with Gasteiger partial charge < -0.3 is 10.5 Å². The minimum absolute atomic E-state index is 0.160. The first-order valence-corrected chi connectivity index (χ1v) is 3.33. The summed E-state index contributed by atoms with van der Waals surface area (Å²) in [5.41, 5.74) is 4.68. The number of nitriles is 1. The van der Waals surface area contributed by atoms with Crippen LogP contribution in [0.1, 0.15) is 5.56 Å². The van der Waals surface area contributed by atoms with E-state index in [0.29, 0.717) is 0 Å². The predicted octanol–water partition coefficient (Wildman–Crippen LogP) is 1.43. The summed E-state index contributed by atoms with van der Waals surface area (Å²) in [6, 6.07) is 1.59. The number of halogens is 3. The Hall–Kier alpha value is -1.97. The number of nitrogens with zero attached hydrogens (tertiary/aromatic N) is 2. The molecular weight excluding hydrogens is 199 g/mol. The summed E-state index contributed by atoms with van der Waals surface area (Å²) in [7, 11) is 0. The average Bonchev–Trinajstić information content (AvgIpc) is 2.06. The Bertz CT molecular complexity index is 383. The van der Waals surface area contributed by atoms with Crippen LogP contribution in [-0.4, -0.2) is 11.3 Å². The summed E-state index contributed by atoms with van der Waals surface area (Å²) in [6.45, 7) is 0. The second-order valence-corrected chi connectivity index (χ2v) is 2.26. The van der Waals surface area contributed by atoms with E-state index in [1.807, 2.05) is 0 Å². The van der Waals surface area contributed by atoms with Crippen molar-refractivity contribution in [2.24, 2.45) is 0 Å². The van der Waals surface area contributed by atoms with Crippen molar-refractivity contribution in [1.29, 1.82) is 5.26 Å². The van der Waals surface area contributed by atoms with Crippen LogP contribution in [0.25, 0.3) is 0 Å². The third-order valence-electron chi connectivity index (χ3n) is 1.30. The highest BCUT2D eigenvalue weighted by molar-refractivity contribution is 5.61. The first-order chi connectivity index (χ1) is 6.44. The molecule has 14 heavy (non-hydrogen) atoms. The lowest BCUT2D eigenvalue weighted by atomic mass is 10.2. The van der Waals surface area contributed by atoms with Gasteiger partial charge in [-0.05, 0) is 0 Å². The van der Waals surface area contributed by atoms with Crippen LogP contribution in [-0.2, 0) is 0 Å². The van der Waals surface area contributed by atoms with Crippen molar-refractivity contribution in [2.75, 3.05) is 5.73 Å². The Labute approximate surface area is 76.7 Å². The van der Waals surface area contributed by atoms with Gasteiger partial charge >= 0.3 is 6.36 Å². The zero-order chi connectivity index (χ0) is 10.8. The van der Waals surface area contributed by atoms with Crippen molar-refractivity contribution in [2.45, 2.75) is 6.36 Å². The molecule has 0 aromatic carbocycles. The van der Waals surface area contributed by atoms with Crippen LogP contribution >= 0.6 is 0 Å². The van der Waals surface area contributed by atoms with E-state index in [4.69, 9.17) is 11.0 Å². The molecule has 0 aliphatic carbocycles. The third kappa shape index (κ3) is 2.26. The van der Waals surface area contributed by atoms with Crippen molar-refractivity contribution in [3.8, 4) is 11.8 Å². The zero-order valence-corrected chi connectivity index (χ0v) is 6.67.